The van der Waals surface area contributed by atoms with Crippen molar-refractivity contribution in [3.8, 4) is 11.3 Å². The maximum Gasteiger partial charge on any atom is 0.275 e. The van der Waals surface area contributed by atoms with E-state index >= 15 is 0 Å². The summed E-state index contributed by atoms with van der Waals surface area (Å²) in [6.07, 6.45) is 0. The second kappa shape index (κ2) is 6.22. The van der Waals surface area contributed by atoms with Gasteiger partial charge in [0.25, 0.3) is 5.91 Å². The van der Waals surface area contributed by atoms with Crippen molar-refractivity contribution in [2.45, 2.75) is 0 Å². The number of pyridine rings is 1. The summed E-state index contributed by atoms with van der Waals surface area (Å²) in [5.74, 6) is -0.226. The highest BCUT2D eigenvalue weighted by Gasteiger charge is 2.11. The van der Waals surface area contributed by atoms with Crippen LogP contribution in [0.25, 0.3) is 22.2 Å². The standard InChI is InChI=1S/C19H13N3OS/c23-19(17-11-24-12-20-17)22-16-8-4-7-14-9-10-15(21-18(14)16)13-5-2-1-3-6-13/h1-12H,(H,22,23). The molecule has 0 aliphatic carbocycles. The van der Waals surface area contributed by atoms with E-state index in [-0.39, 0.29) is 5.91 Å². The topological polar surface area (TPSA) is 54.9 Å². The molecule has 0 fully saturated rings. The van der Waals surface area contributed by atoms with E-state index in [0.717, 1.165) is 22.2 Å². The van der Waals surface area contributed by atoms with E-state index in [4.69, 9.17) is 4.98 Å². The molecule has 4 nitrogen and oxygen atoms in total. The molecule has 0 atom stereocenters. The minimum Gasteiger partial charge on any atom is -0.319 e. The van der Waals surface area contributed by atoms with E-state index in [1.165, 1.54) is 11.3 Å². The molecule has 2 aromatic heterocycles. The lowest BCUT2D eigenvalue weighted by Gasteiger charge is -2.09. The van der Waals surface area contributed by atoms with Gasteiger partial charge in [-0.05, 0) is 12.1 Å². The fourth-order valence-electron chi connectivity index (χ4n) is 2.53. The van der Waals surface area contributed by atoms with Crippen molar-refractivity contribution < 1.29 is 4.79 Å². The highest BCUT2D eigenvalue weighted by Crippen LogP contribution is 2.26. The number of aromatic nitrogens is 2. The highest BCUT2D eigenvalue weighted by molar-refractivity contribution is 7.07. The Morgan fingerprint density at radius 3 is 2.62 bits per heavy atom. The Kier molecular flexibility index (Phi) is 3.76. The molecule has 5 heteroatoms. The Labute approximate surface area is 142 Å². The first-order valence-corrected chi connectivity index (χ1v) is 8.40. The van der Waals surface area contributed by atoms with E-state index in [1.54, 1.807) is 10.9 Å². The number of hydrogen-bond acceptors (Lipinski definition) is 4. The molecule has 0 spiro atoms. The summed E-state index contributed by atoms with van der Waals surface area (Å²) in [7, 11) is 0. The van der Waals surface area contributed by atoms with Gasteiger partial charge in [-0.25, -0.2) is 9.97 Å². The lowest BCUT2D eigenvalue weighted by molar-refractivity contribution is 0.102. The van der Waals surface area contributed by atoms with Gasteiger partial charge in [-0.3, -0.25) is 4.79 Å². The molecule has 0 aliphatic rings. The van der Waals surface area contributed by atoms with E-state index in [9.17, 15) is 4.79 Å². The third-order valence-electron chi connectivity index (χ3n) is 3.70. The number of nitrogens with one attached hydrogen (secondary N) is 1. The van der Waals surface area contributed by atoms with Crippen LogP contribution in [0, 0.1) is 0 Å². The SMILES string of the molecule is O=C(Nc1cccc2ccc(-c3ccccc3)nc12)c1cscn1. The molecule has 2 aromatic carbocycles. The Hall–Kier alpha value is -3.05. The number of benzene rings is 2. The van der Waals surface area contributed by atoms with Crippen molar-refractivity contribution in [3.63, 3.8) is 0 Å². The van der Waals surface area contributed by atoms with Gasteiger partial charge in [-0.2, -0.15) is 0 Å². The zero-order valence-corrected chi connectivity index (χ0v) is 13.5. The first-order chi connectivity index (χ1) is 11.8. The molecule has 0 bridgehead atoms. The van der Waals surface area contributed by atoms with Crippen LogP contribution in [0.15, 0.2) is 71.6 Å². The maximum atomic E-state index is 12.3. The number of rotatable bonds is 3. The Morgan fingerprint density at radius 1 is 0.958 bits per heavy atom. The van der Waals surface area contributed by atoms with E-state index in [2.05, 4.69) is 10.3 Å². The normalized spacial score (nSPS) is 10.7. The van der Waals surface area contributed by atoms with Crippen LogP contribution in [0.4, 0.5) is 5.69 Å². The van der Waals surface area contributed by atoms with Crippen molar-refractivity contribution in [1.82, 2.24) is 9.97 Å². The molecule has 0 saturated heterocycles. The Bertz CT molecular complexity index is 998. The van der Waals surface area contributed by atoms with Crippen molar-refractivity contribution in [2.75, 3.05) is 5.32 Å². The second-order valence-electron chi connectivity index (χ2n) is 5.27. The summed E-state index contributed by atoms with van der Waals surface area (Å²) < 4.78 is 0. The summed E-state index contributed by atoms with van der Waals surface area (Å²) in [6, 6.07) is 19.7. The predicted molar refractivity (Wildman–Crippen MR) is 97.2 cm³/mol. The first kappa shape index (κ1) is 14.5. The van der Waals surface area contributed by atoms with Gasteiger partial charge in [0.05, 0.1) is 22.4 Å². The fraction of sp³-hybridized carbons (Fsp3) is 0. The highest BCUT2D eigenvalue weighted by atomic mass is 32.1. The predicted octanol–water partition coefficient (Wildman–Crippen LogP) is 4.61. The van der Waals surface area contributed by atoms with E-state index < -0.39 is 0 Å². The van der Waals surface area contributed by atoms with Crippen LogP contribution in [0.2, 0.25) is 0 Å². The van der Waals surface area contributed by atoms with E-state index in [0.29, 0.717) is 11.4 Å². The zero-order valence-electron chi connectivity index (χ0n) is 12.6. The van der Waals surface area contributed by atoms with Crippen LogP contribution in [-0.2, 0) is 0 Å². The molecule has 1 N–H and O–H groups in total. The number of anilines is 1. The second-order valence-corrected chi connectivity index (χ2v) is 5.99. The lowest BCUT2D eigenvalue weighted by Crippen LogP contribution is -2.12. The number of carbonyl (C=O) groups excluding carboxylic acids is 1. The average Bonchev–Trinajstić information content (AvgIpc) is 3.17. The molecule has 24 heavy (non-hydrogen) atoms. The molecule has 4 aromatic rings. The van der Waals surface area contributed by atoms with Gasteiger partial charge in [0, 0.05) is 16.3 Å². The van der Waals surface area contributed by atoms with E-state index in [1.807, 2.05) is 60.7 Å². The number of carbonyl (C=O) groups is 1. The van der Waals surface area contributed by atoms with Crippen molar-refractivity contribution in [3.05, 3.63) is 77.2 Å². The molecule has 1 amide bonds. The first-order valence-electron chi connectivity index (χ1n) is 7.46. The third-order valence-corrected chi connectivity index (χ3v) is 4.29. The van der Waals surface area contributed by atoms with Crippen LogP contribution in [-0.4, -0.2) is 15.9 Å². The third kappa shape index (κ3) is 2.77. The number of nitrogens with zero attached hydrogens (tertiary/aromatic N) is 2. The fourth-order valence-corrected chi connectivity index (χ4v) is 3.06. The number of hydrogen-bond donors (Lipinski definition) is 1. The molecule has 4 rings (SSSR count). The van der Waals surface area contributed by atoms with Crippen LogP contribution >= 0.6 is 11.3 Å². The summed E-state index contributed by atoms with van der Waals surface area (Å²) in [4.78, 5) is 21.1. The number of amides is 1. The summed E-state index contributed by atoms with van der Waals surface area (Å²) >= 11 is 1.39. The van der Waals surface area contributed by atoms with Crippen molar-refractivity contribution >= 4 is 33.8 Å². The minimum atomic E-state index is -0.226. The molecule has 0 radical (unpaired) electrons. The van der Waals surface area contributed by atoms with Crippen LogP contribution in [0.1, 0.15) is 10.5 Å². The number of para-hydroxylation sites is 1. The van der Waals surface area contributed by atoms with Gasteiger partial charge >= 0.3 is 0 Å². The smallest absolute Gasteiger partial charge is 0.275 e. The van der Waals surface area contributed by atoms with Crippen LogP contribution in [0.3, 0.4) is 0 Å². The van der Waals surface area contributed by atoms with Crippen molar-refractivity contribution in [1.29, 1.82) is 0 Å². The number of thiazole rings is 1. The van der Waals surface area contributed by atoms with Gasteiger partial charge in [0.1, 0.15) is 5.69 Å². The quantitative estimate of drug-likeness (QED) is 0.596. The summed E-state index contributed by atoms with van der Waals surface area (Å²) in [6.45, 7) is 0. The van der Waals surface area contributed by atoms with Crippen molar-refractivity contribution in [2.24, 2.45) is 0 Å². The monoisotopic (exact) mass is 331 g/mol. The Balaban J connectivity index is 1.77. The average molecular weight is 331 g/mol. The van der Waals surface area contributed by atoms with Gasteiger partial charge in [-0.15, -0.1) is 11.3 Å². The largest absolute Gasteiger partial charge is 0.319 e. The molecule has 0 saturated carbocycles. The molecule has 116 valence electrons. The molecular formula is C19H13N3OS. The molecular weight excluding hydrogens is 318 g/mol. The van der Waals surface area contributed by atoms with Crippen LogP contribution in [0.5, 0.6) is 0 Å². The summed E-state index contributed by atoms with van der Waals surface area (Å²) in [5.41, 5.74) is 5.42. The van der Waals surface area contributed by atoms with Gasteiger partial charge in [-0.1, -0.05) is 48.5 Å². The molecule has 2 heterocycles. The van der Waals surface area contributed by atoms with Gasteiger partial charge in [0.2, 0.25) is 0 Å². The maximum absolute atomic E-state index is 12.3. The summed E-state index contributed by atoms with van der Waals surface area (Å²) in [5, 5.41) is 5.61. The van der Waals surface area contributed by atoms with Gasteiger partial charge in [0.15, 0.2) is 0 Å². The van der Waals surface area contributed by atoms with Crippen LogP contribution < -0.4 is 5.32 Å². The number of fused-ring (bicyclic) bond motifs is 1. The zero-order chi connectivity index (χ0) is 16.4. The molecule has 0 aliphatic heterocycles. The van der Waals surface area contributed by atoms with Gasteiger partial charge < -0.3 is 5.32 Å². The minimum absolute atomic E-state index is 0.226. The Morgan fingerprint density at radius 2 is 1.83 bits per heavy atom. The lowest BCUT2D eigenvalue weighted by atomic mass is 10.1. The molecule has 0 unspecified atom stereocenters.